The quantitative estimate of drug-likeness (QED) is 0.780. The van der Waals surface area contributed by atoms with Gasteiger partial charge in [-0.05, 0) is 19.1 Å². The standard InChI is InChI=1S/C12H15N5O3/c1-2-16-8-14-15-10(16)6-13-12(20)9-4-3-5-17(9)7-11(18)19/h3-5,8H,2,6-7H2,1H3,(H,13,20)(H,18,19). The second kappa shape index (κ2) is 6.00. The van der Waals surface area contributed by atoms with Crippen LogP contribution in [0.4, 0.5) is 0 Å². The molecule has 0 bridgehead atoms. The number of nitrogens with one attached hydrogen (secondary N) is 1. The molecule has 0 aliphatic carbocycles. The van der Waals surface area contributed by atoms with Gasteiger partial charge in [0.05, 0.1) is 6.54 Å². The van der Waals surface area contributed by atoms with Crippen LogP contribution in [0.25, 0.3) is 0 Å². The molecule has 8 heteroatoms. The van der Waals surface area contributed by atoms with E-state index in [0.717, 1.165) is 0 Å². The van der Waals surface area contributed by atoms with Gasteiger partial charge >= 0.3 is 5.97 Å². The maximum absolute atomic E-state index is 12.0. The smallest absolute Gasteiger partial charge is 0.323 e. The lowest BCUT2D eigenvalue weighted by Crippen LogP contribution is -2.27. The number of hydrogen-bond acceptors (Lipinski definition) is 4. The van der Waals surface area contributed by atoms with E-state index in [-0.39, 0.29) is 19.0 Å². The molecule has 0 aliphatic rings. The normalized spacial score (nSPS) is 10.4. The first-order chi connectivity index (χ1) is 9.61. The highest BCUT2D eigenvalue weighted by Crippen LogP contribution is 2.03. The van der Waals surface area contributed by atoms with E-state index in [1.165, 1.54) is 4.57 Å². The summed E-state index contributed by atoms with van der Waals surface area (Å²) in [5.41, 5.74) is 0.301. The fourth-order valence-corrected chi connectivity index (χ4v) is 1.83. The van der Waals surface area contributed by atoms with Crippen molar-refractivity contribution in [3.8, 4) is 0 Å². The average Bonchev–Trinajstić information content (AvgIpc) is 3.03. The van der Waals surface area contributed by atoms with Gasteiger partial charge in [0.15, 0.2) is 5.82 Å². The van der Waals surface area contributed by atoms with E-state index < -0.39 is 5.97 Å². The molecule has 1 amide bonds. The van der Waals surface area contributed by atoms with Gasteiger partial charge in [-0.1, -0.05) is 0 Å². The lowest BCUT2D eigenvalue weighted by atomic mass is 10.4. The third-order valence-corrected chi connectivity index (χ3v) is 2.81. The van der Waals surface area contributed by atoms with E-state index in [9.17, 15) is 9.59 Å². The zero-order valence-electron chi connectivity index (χ0n) is 11.0. The van der Waals surface area contributed by atoms with Crippen molar-refractivity contribution >= 4 is 11.9 Å². The van der Waals surface area contributed by atoms with E-state index >= 15 is 0 Å². The Hall–Kier alpha value is -2.64. The Morgan fingerprint density at radius 2 is 2.20 bits per heavy atom. The number of hydrogen-bond donors (Lipinski definition) is 2. The highest BCUT2D eigenvalue weighted by Gasteiger charge is 2.13. The number of rotatable bonds is 6. The number of aryl methyl sites for hydroxylation is 1. The first kappa shape index (κ1) is 13.8. The maximum atomic E-state index is 12.0. The zero-order chi connectivity index (χ0) is 14.5. The summed E-state index contributed by atoms with van der Waals surface area (Å²) in [4.78, 5) is 22.7. The molecule has 2 N–H and O–H groups in total. The fraction of sp³-hybridized carbons (Fsp3) is 0.333. The molecule has 0 spiro atoms. The molecule has 2 aromatic heterocycles. The third kappa shape index (κ3) is 3.02. The van der Waals surface area contributed by atoms with Gasteiger partial charge in [-0.2, -0.15) is 0 Å². The topological polar surface area (TPSA) is 102 Å². The van der Waals surface area contributed by atoms with Crippen LogP contribution >= 0.6 is 0 Å². The second-order valence-corrected chi connectivity index (χ2v) is 4.13. The minimum atomic E-state index is -0.999. The minimum Gasteiger partial charge on any atom is -0.480 e. The Balaban J connectivity index is 2.02. The van der Waals surface area contributed by atoms with E-state index in [1.807, 2.05) is 11.5 Å². The van der Waals surface area contributed by atoms with Gasteiger partial charge in [-0.3, -0.25) is 9.59 Å². The van der Waals surface area contributed by atoms with Crippen molar-refractivity contribution in [3.63, 3.8) is 0 Å². The van der Waals surface area contributed by atoms with Crippen LogP contribution in [-0.4, -0.2) is 36.3 Å². The van der Waals surface area contributed by atoms with Crippen molar-refractivity contribution in [2.75, 3.05) is 0 Å². The lowest BCUT2D eigenvalue weighted by Gasteiger charge is -2.08. The number of carboxylic acid groups (broad SMARTS) is 1. The van der Waals surface area contributed by atoms with Crippen molar-refractivity contribution in [3.05, 3.63) is 36.2 Å². The Labute approximate surface area is 115 Å². The Kier molecular flexibility index (Phi) is 4.14. The lowest BCUT2D eigenvalue weighted by molar-refractivity contribution is -0.137. The summed E-state index contributed by atoms with van der Waals surface area (Å²) in [5, 5.41) is 19.1. The Morgan fingerprint density at radius 3 is 2.90 bits per heavy atom. The number of nitrogens with zero attached hydrogens (tertiary/aromatic N) is 4. The summed E-state index contributed by atoms with van der Waals surface area (Å²) in [6, 6.07) is 3.20. The van der Waals surface area contributed by atoms with Crippen LogP contribution in [0, 0.1) is 0 Å². The van der Waals surface area contributed by atoms with E-state index in [1.54, 1.807) is 24.7 Å². The summed E-state index contributed by atoms with van der Waals surface area (Å²) in [5.74, 6) is -0.694. The van der Waals surface area contributed by atoms with Gasteiger partial charge in [0.1, 0.15) is 18.6 Å². The van der Waals surface area contributed by atoms with Crippen LogP contribution < -0.4 is 5.32 Å². The van der Waals surface area contributed by atoms with Crippen LogP contribution in [0.2, 0.25) is 0 Å². The highest BCUT2D eigenvalue weighted by atomic mass is 16.4. The van der Waals surface area contributed by atoms with Crippen LogP contribution in [0.3, 0.4) is 0 Å². The molecule has 8 nitrogen and oxygen atoms in total. The van der Waals surface area contributed by atoms with Crippen molar-refractivity contribution in [1.29, 1.82) is 0 Å². The largest absolute Gasteiger partial charge is 0.480 e. The van der Waals surface area contributed by atoms with Gasteiger partial charge in [-0.15, -0.1) is 10.2 Å². The number of aromatic nitrogens is 4. The molecule has 2 aromatic rings. The average molecular weight is 277 g/mol. The van der Waals surface area contributed by atoms with Gasteiger partial charge < -0.3 is 19.6 Å². The van der Waals surface area contributed by atoms with Crippen molar-refractivity contribution in [2.45, 2.75) is 26.6 Å². The van der Waals surface area contributed by atoms with Gasteiger partial charge in [0.25, 0.3) is 5.91 Å². The summed E-state index contributed by atoms with van der Waals surface area (Å²) < 4.78 is 3.19. The molecular weight excluding hydrogens is 262 g/mol. The third-order valence-electron chi connectivity index (χ3n) is 2.81. The monoisotopic (exact) mass is 277 g/mol. The predicted molar refractivity (Wildman–Crippen MR) is 68.9 cm³/mol. The van der Waals surface area contributed by atoms with Gasteiger partial charge in [0.2, 0.25) is 0 Å². The molecule has 20 heavy (non-hydrogen) atoms. The summed E-state index contributed by atoms with van der Waals surface area (Å²) >= 11 is 0. The van der Waals surface area contributed by atoms with E-state index in [0.29, 0.717) is 18.1 Å². The molecule has 0 unspecified atom stereocenters. The van der Waals surface area contributed by atoms with Crippen molar-refractivity contribution in [2.24, 2.45) is 0 Å². The first-order valence-electron chi connectivity index (χ1n) is 6.13. The maximum Gasteiger partial charge on any atom is 0.323 e. The van der Waals surface area contributed by atoms with Gasteiger partial charge in [-0.25, -0.2) is 0 Å². The Bertz CT molecular complexity index is 616. The second-order valence-electron chi connectivity index (χ2n) is 4.13. The minimum absolute atomic E-state index is 0.241. The Morgan fingerprint density at radius 1 is 1.40 bits per heavy atom. The number of carbonyl (C=O) groups excluding carboxylic acids is 1. The predicted octanol–water partition coefficient (Wildman–Crippen LogP) is 0.114. The molecule has 0 aromatic carbocycles. The number of amides is 1. The fourth-order valence-electron chi connectivity index (χ4n) is 1.83. The van der Waals surface area contributed by atoms with Crippen molar-refractivity contribution < 1.29 is 14.7 Å². The van der Waals surface area contributed by atoms with Crippen LogP contribution in [0.1, 0.15) is 23.2 Å². The van der Waals surface area contributed by atoms with E-state index in [4.69, 9.17) is 5.11 Å². The van der Waals surface area contributed by atoms with Crippen LogP contribution in [-0.2, 0) is 24.4 Å². The van der Waals surface area contributed by atoms with E-state index in [2.05, 4.69) is 15.5 Å². The van der Waals surface area contributed by atoms with Gasteiger partial charge in [0, 0.05) is 12.7 Å². The summed E-state index contributed by atoms with van der Waals surface area (Å²) in [6.45, 7) is 2.66. The molecule has 2 rings (SSSR count). The highest BCUT2D eigenvalue weighted by molar-refractivity contribution is 5.93. The SMILES string of the molecule is CCn1cnnc1CNC(=O)c1cccn1CC(=O)O. The summed E-state index contributed by atoms with van der Waals surface area (Å²) in [7, 11) is 0. The molecule has 0 radical (unpaired) electrons. The molecule has 106 valence electrons. The zero-order valence-corrected chi connectivity index (χ0v) is 11.0. The molecule has 2 heterocycles. The molecule has 0 aliphatic heterocycles. The van der Waals surface area contributed by atoms with Crippen molar-refractivity contribution in [1.82, 2.24) is 24.6 Å². The van der Waals surface area contributed by atoms with Crippen LogP contribution in [0.5, 0.6) is 0 Å². The number of aliphatic carboxylic acids is 1. The molecule has 0 atom stereocenters. The van der Waals surface area contributed by atoms with Crippen LogP contribution in [0.15, 0.2) is 24.7 Å². The first-order valence-corrected chi connectivity index (χ1v) is 6.13. The molecule has 0 fully saturated rings. The summed E-state index contributed by atoms with van der Waals surface area (Å²) in [6.07, 6.45) is 3.15. The molecule has 0 saturated heterocycles. The number of carboxylic acids is 1. The molecular formula is C12H15N5O3. The molecule has 0 saturated carbocycles. The number of carbonyl (C=O) groups is 2.